The van der Waals surface area contributed by atoms with Crippen LogP contribution in [0.1, 0.15) is 36.7 Å². The third kappa shape index (κ3) is 2.54. The molecule has 0 saturated heterocycles. The van der Waals surface area contributed by atoms with Gasteiger partial charge in [-0.25, -0.2) is 13.6 Å². The second kappa shape index (κ2) is 5.40. The Balaban J connectivity index is 2.63. The molecule has 1 N–H and O–H groups in total. The van der Waals surface area contributed by atoms with Gasteiger partial charge in [0.15, 0.2) is 0 Å². The maximum atomic E-state index is 13.8. The molecule has 0 fully saturated rings. The van der Waals surface area contributed by atoms with Crippen molar-refractivity contribution >= 4 is 5.97 Å². The van der Waals surface area contributed by atoms with E-state index in [-0.39, 0.29) is 22.9 Å². The molecule has 1 atom stereocenters. The van der Waals surface area contributed by atoms with Crippen LogP contribution in [0.3, 0.4) is 0 Å². The molecule has 4 nitrogen and oxygen atoms in total. The lowest BCUT2D eigenvalue weighted by atomic mass is 10.1. The lowest BCUT2D eigenvalue weighted by molar-refractivity contribution is 0.0697. The maximum absolute atomic E-state index is 13.8. The van der Waals surface area contributed by atoms with Gasteiger partial charge in [-0.2, -0.15) is 5.10 Å². The molecule has 0 aliphatic carbocycles. The van der Waals surface area contributed by atoms with Crippen molar-refractivity contribution in [3.63, 3.8) is 0 Å². The van der Waals surface area contributed by atoms with Crippen LogP contribution in [0, 0.1) is 11.6 Å². The van der Waals surface area contributed by atoms with Crippen molar-refractivity contribution in [2.45, 2.75) is 26.3 Å². The molecule has 0 aliphatic rings. The standard InChI is InChI=1S/C14H14F2N2O2/c1-3-8(2)18-7-11(14(19)20)13(17-18)10-6-9(15)4-5-12(10)16/h4-8H,3H2,1-2H3,(H,19,20). The van der Waals surface area contributed by atoms with Crippen LogP contribution < -0.4 is 0 Å². The number of carboxylic acid groups (broad SMARTS) is 1. The molecule has 20 heavy (non-hydrogen) atoms. The summed E-state index contributed by atoms with van der Waals surface area (Å²) in [6, 6.07) is 2.85. The number of nitrogens with zero attached hydrogens (tertiary/aromatic N) is 2. The predicted octanol–water partition coefficient (Wildman–Crippen LogP) is 3.50. The first kappa shape index (κ1) is 14.2. The molecule has 2 aromatic rings. The van der Waals surface area contributed by atoms with Crippen LogP contribution in [-0.2, 0) is 0 Å². The van der Waals surface area contributed by atoms with E-state index in [2.05, 4.69) is 5.10 Å². The SMILES string of the molecule is CCC(C)n1cc(C(=O)O)c(-c2cc(F)ccc2F)n1. The van der Waals surface area contributed by atoms with Gasteiger partial charge in [0.1, 0.15) is 22.9 Å². The van der Waals surface area contributed by atoms with Crippen molar-refractivity contribution < 1.29 is 18.7 Å². The summed E-state index contributed by atoms with van der Waals surface area (Å²) in [6.45, 7) is 3.79. The van der Waals surface area contributed by atoms with Crippen LogP contribution in [0.15, 0.2) is 24.4 Å². The van der Waals surface area contributed by atoms with E-state index in [0.717, 1.165) is 24.6 Å². The molecule has 0 bridgehead atoms. The van der Waals surface area contributed by atoms with Gasteiger partial charge in [-0.05, 0) is 31.5 Å². The highest BCUT2D eigenvalue weighted by Crippen LogP contribution is 2.27. The highest BCUT2D eigenvalue weighted by molar-refractivity contribution is 5.94. The largest absolute Gasteiger partial charge is 0.478 e. The van der Waals surface area contributed by atoms with Gasteiger partial charge in [0.25, 0.3) is 0 Å². The Morgan fingerprint density at radius 2 is 2.15 bits per heavy atom. The van der Waals surface area contributed by atoms with Crippen molar-refractivity contribution in [3.8, 4) is 11.3 Å². The Kier molecular flexibility index (Phi) is 3.83. The van der Waals surface area contributed by atoms with Crippen LogP contribution in [0.5, 0.6) is 0 Å². The molecule has 106 valence electrons. The fourth-order valence-electron chi connectivity index (χ4n) is 1.84. The van der Waals surface area contributed by atoms with E-state index < -0.39 is 17.6 Å². The topological polar surface area (TPSA) is 55.1 Å². The van der Waals surface area contributed by atoms with E-state index in [4.69, 9.17) is 0 Å². The number of aromatic carboxylic acids is 1. The van der Waals surface area contributed by atoms with Crippen LogP contribution in [0.4, 0.5) is 8.78 Å². The van der Waals surface area contributed by atoms with E-state index in [0.29, 0.717) is 0 Å². The van der Waals surface area contributed by atoms with Crippen molar-refractivity contribution in [1.29, 1.82) is 0 Å². The molecule has 1 unspecified atom stereocenters. The van der Waals surface area contributed by atoms with E-state index in [1.807, 2.05) is 13.8 Å². The summed E-state index contributed by atoms with van der Waals surface area (Å²) in [7, 11) is 0. The quantitative estimate of drug-likeness (QED) is 0.932. The van der Waals surface area contributed by atoms with Crippen LogP contribution >= 0.6 is 0 Å². The summed E-state index contributed by atoms with van der Waals surface area (Å²) < 4.78 is 28.5. The summed E-state index contributed by atoms with van der Waals surface area (Å²) in [5.41, 5.74) is -0.353. The van der Waals surface area contributed by atoms with Gasteiger partial charge in [-0.3, -0.25) is 4.68 Å². The highest BCUT2D eigenvalue weighted by atomic mass is 19.1. The molecule has 2 rings (SSSR count). The fourth-order valence-corrected chi connectivity index (χ4v) is 1.84. The second-order valence-corrected chi connectivity index (χ2v) is 4.56. The van der Waals surface area contributed by atoms with Gasteiger partial charge in [0, 0.05) is 17.8 Å². The molecule has 1 aromatic heterocycles. The zero-order valence-corrected chi connectivity index (χ0v) is 11.1. The van der Waals surface area contributed by atoms with Gasteiger partial charge in [-0.15, -0.1) is 0 Å². The predicted molar refractivity (Wildman–Crippen MR) is 69.5 cm³/mol. The van der Waals surface area contributed by atoms with E-state index in [1.165, 1.54) is 10.9 Å². The van der Waals surface area contributed by atoms with Crippen molar-refractivity contribution in [3.05, 3.63) is 41.6 Å². The van der Waals surface area contributed by atoms with Crippen LogP contribution in [0.25, 0.3) is 11.3 Å². The lowest BCUT2D eigenvalue weighted by Gasteiger charge is -2.08. The fraction of sp³-hybridized carbons (Fsp3) is 0.286. The molecular formula is C14H14F2N2O2. The number of hydrogen-bond donors (Lipinski definition) is 1. The minimum absolute atomic E-state index is 0.0292. The molecular weight excluding hydrogens is 266 g/mol. The van der Waals surface area contributed by atoms with Gasteiger partial charge in [0.05, 0.1) is 0 Å². The van der Waals surface area contributed by atoms with Crippen molar-refractivity contribution in [2.75, 3.05) is 0 Å². The number of aromatic nitrogens is 2. The Morgan fingerprint density at radius 3 is 2.75 bits per heavy atom. The number of halogens is 2. The second-order valence-electron chi connectivity index (χ2n) is 4.56. The summed E-state index contributed by atoms with van der Waals surface area (Å²) in [5.74, 6) is -2.57. The van der Waals surface area contributed by atoms with Crippen LogP contribution in [0.2, 0.25) is 0 Å². The maximum Gasteiger partial charge on any atom is 0.339 e. The Bertz CT molecular complexity index is 653. The molecule has 6 heteroatoms. The summed E-state index contributed by atoms with van der Waals surface area (Å²) in [6.07, 6.45) is 2.09. The van der Waals surface area contributed by atoms with E-state index in [1.54, 1.807) is 0 Å². The van der Waals surface area contributed by atoms with Gasteiger partial charge in [-0.1, -0.05) is 6.92 Å². The van der Waals surface area contributed by atoms with E-state index >= 15 is 0 Å². The lowest BCUT2D eigenvalue weighted by Crippen LogP contribution is -2.04. The first-order valence-corrected chi connectivity index (χ1v) is 6.22. The number of carboxylic acids is 1. The van der Waals surface area contributed by atoms with E-state index in [9.17, 15) is 18.7 Å². The molecule has 0 spiro atoms. The van der Waals surface area contributed by atoms with Gasteiger partial charge in [0.2, 0.25) is 0 Å². The Labute approximate surface area is 114 Å². The zero-order chi connectivity index (χ0) is 14.9. The number of carbonyl (C=O) groups is 1. The third-order valence-electron chi connectivity index (χ3n) is 3.19. The van der Waals surface area contributed by atoms with Crippen molar-refractivity contribution in [2.24, 2.45) is 0 Å². The molecule has 0 aliphatic heterocycles. The summed E-state index contributed by atoms with van der Waals surface area (Å²) in [5, 5.41) is 13.3. The molecule has 0 radical (unpaired) electrons. The van der Waals surface area contributed by atoms with Gasteiger partial charge < -0.3 is 5.11 Å². The first-order valence-electron chi connectivity index (χ1n) is 6.22. The molecule has 1 aromatic carbocycles. The number of benzene rings is 1. The number of rotatable bonds is 4. The Hall–Kier alpha value is -2.24. The Morgan fingerprint density at radius 1 is 1.45 bits per heavy atom. The molecule has 0 saturated carbocycles. The minimum atomic E-state index is -1.22. The summed E-state index contributed by atoms with van der Waals surface area (Å²) >= 11 is 0. The normalized spacial score (nSPS) is 12.4. The monoisotopic (exact) mass is 280 g/mol. The molecule has 0 amide bonds. The average molecular weight is 280 g/mol. The zero-order valence-electron chi connectivity index (χ0n) is 11.1. The third-order valence-corrected chi connectivity index (χ3v) is 3.19. The molecule has 1 heterocycles. The average Bonchev–Trinajstić information content (AvgIpc) is 2.85. The summed E-state index contributed by atoms with van der Waals surface area (Å²) in [4.78, 5) is 11.2. The first-order chi connectivity index (χ1) is 9.43. The smallest absolute Gasteiger partial charge is 0.339 e. The van der Waals surface area contributed by atoms with Crippen molar-refractivity contribution in [1.82, 2.24) is 9.78 Å². The highest BCUT2D eigenvalue weighted by Gasteiger charge is 2.21. The van der Waals surface area contributed by atoms with Crippen LogP contribution in [-0.4, -0.2) is 20.9 Å². The minimum Gasteiger partial charge on any atom is -0.478 e. The number of hydrogen-bond acceptors (Lipinski definition) is 2. The van der Waals surface area contributed by atoms with Gasteiger partial charge >= 0.3 is 5.97 Å².